The third kappa shape index (κ3) is 15.6. The van der Waals surface area contributed by atoms with Crippen molar-refractivity contribution < 1.29 is 38.4 Å². The van der Waals surface area contributed by atoms with Crippen LogP contribution in [0.5, 0.6) is 5.75 Å². The van der Waals surface area contributed by atoms with Gasteiger partial charge in [0.25, 0.3) is 0 Å². The number of nitrogens with one attached hydrogen (secondary N) is 3. The van der Waals surface area contributed by atoms with Crippen molar-refractivity contribution in [1.29, 1.82) is 0 Å². The molecule has 1 aromatic rings. The zero-order valence-electron chi connectivity index (χ0n) is 23.5. The predicted molar refractivity (Wildman–Crippen MR) is 147 cm³/mol. The van der Waals surface area contributed by atoms with Crippen LogP contribution in [0, 0.1) is 0 Å². The number of nitrogens with zero attached hydrogens (tertiary/aromatic N) is 2. The van der Waals surface area contributed by atoms with Gasteiger partial charge in [-0.3, -0.25) is 19.5 Å². The zero-order chi connectivity index (χ0) is 28.8. The zero-order valence-corrected chi connectivity index (χ0v) is 23.5. The van der Waals surface area contributed by atoms with E-state index in [1.54, 1.807) is 6.20 Å². The molecule has 0 aliphatic carbocycles. The van der Waals surface area contributed by atoms with E-state index in [9.17, 15) is 14.4 Å². The fraction of sp³-hybridized carbons (Fsp3) is 0.704. The predicted octanol–water partition coefficient (Wildman–Crippen LogP) is 1.34. The largest absolute Gasteiger partial charge is 0.490 e. The van der Waals surface area contributed by atoms with Crippen LogP contribution in [0.3, 0.4) is 0 Å². The maximum atomic E-state index is 12.0. The SMILES string of the molecule is CN1CCC[C@H]1c1cncc(OCCNC(=O)CCC(=O)NCCCOCCOCCOCCCNC(=O)O)c1. The van der Waals surface area contributed by atoms with Crippen LogP contribution in [-0.4, -0.2) is 112 Å². The topological polar surface area (TPSA) is 161 Å². The summed E-state index contributed by atoms with van der Waals surface area (Å²) in [5.74, 6) is 0.323. The normalized spacial score (nSPS) is 15.1. The summed E-state index contributed by atoms with van der Waals surface area (Å²) in [5.41, 5.74) is 1.15. The Morgan fingerprint density at radius 1 is 0.875 bits per heavy atom. The van der Waals surface area contributed by atoms with E-state index < -0.39 is 6.09 Å². The second-order valence-corrected chi connectivity index (χ2v) is 9.42. The van der Waals surface area contributed by atoms with Crippen LogP contribution < -0.4 is 20.7 Å². The standard InChI is InChI=1S/C27H45N5O8/c1-32-11-2-5-24(32)22-19-23(21-28-20-22)40-14-10-30-26(34)7-6-25(33)29-8-3-12-37-15-17-39-18-16-38-13-4-9-31-27(35)36/h19-21,24,31H,2-18H2,1H3,(H,29,33)(H,30,34)(H,35,36)/t24-/m0/s1. The van der Waals surface area contributed by atoms with Gasteiger partial charge >= 0.3 is 6.09 Å². The quantitative estimate of drug-likeness (QED) is 0.151. The number of ether oxygens (including phenoxy) is 4. The number of amides is 3. The van der Waals surface area contributed by atoms with Gasteiger partial charge in [0.05, 0.1) is 39.2 Å². The second-order valence-electron chi connectivity index (χ2n) is 9.42. The van der Waals surface area contributed by atoms with Crippen LogP contribution in [0.2, 0.25) is 0 Å². The number of carbonyl (C=O) groups is 3. The van der Waals surface area contributed by atoms with Gasteiger partial charge in [0, 0.05) is 51.4 Å². The van der Waals surface area contributed by atoms with Gasteiger partial charge in [-0.05, 0) is 50.9 Å². The molecule has 226 valence electrons. The minimum Gasteiger partial charge on any atom is -0.490 e. The number of hydrogen-bond acceptors (Lipinski definition) is 9. The molecule has 0 radical (unpaired) electrons. The molecule has 13 nitrogen and oxygen atoms in total. The first-order valence-electron chi connectivity index (χ1n) is 14.0. The monoisotopic (exact) mass is 567 g/mol. The number of rotatable bonds is 22. The third-order valence-electron chi connectivity index (χ3n) is 6.18. The van der Waals surface area contributed by atoms with Crippen LogP contribution in [0.1, 0.15) is 50.1 Å². The van der Waals surface area contributed by atoms with Crippen LogP contribution in [0.25, 0.3) is 0 Å². The molecule has 3 amide bonds. The Bertz CT molecular complexity index is 875. The van der Waals surface area contributed by atoms with Crippen molar-refractivity contribution in [3.05, 3.63) is 24.0 Å². The van der Waals surface area contributed by atoms with E-state index in [0.29, 0.717) is 90.5 Å². The van der Waals surface area contributed by atoms with Crippen molar-refractivity contribution >= 4 is 17.9 Å². The van der Waals surface area contributed by atoms with Gasteiger partial charge in [0.1, 0.15) is 12.4 Å². The lowest BCUT2D eigenvalue weighted by Gasteiger charge is -2.19. The lowest BCUT2D eigenvalue weighted by Crippen LogP contribution is -2.30. The minimum atomic E-state index is -1.04. The summed E-state index contributed by atoms with van der Waals surface area (Å²) in [5, 5.41) is 16.3. The summed E-state index contributed by atoms with van der Waals surface area (Å²) in [6.45, 7) is 5.34. The highest BCUT2D eigenvalue weighted by Gasteiger charge is 2.23. The Balaban J connectivity index is 1.36. The van der Waals surface area contributed by atoms with Gasteiger partial charge < -0.3 is 40.0 Å². The summed E-state index contributed by atoms with van der Waals surface area (Å²) in [4.78, 5) is 40.9. The van der Waals surface area contributed by atoms with Crippen LogP contribution in [0.15, 0.2) is 18.5 Å². The molecule has 1 atom stereocenters. The Kier molecular flexibility index (Phi) is 17.3. The maximum Gasteiger partial charge on any atom is 0.404 e. The summed E-state index contributed by atoms with van der Waals surface area (Å²) in [6.07, 6.45) is 6.34. The van der Waals surface area contributed by atoms with Gasteiger partial charge in [0.2, 0.25) is 11.8 Å². The average Bonchev–Trinajstić information content (AvgIpc) is 3.37. The van der Waals surface area contributed by atoms with E-state index in [4.69, 9.17) is 24.1 Å². The molecule has 0 unspecified atom stereocenters. The molecule has 40 heavy (non-hydrogen) atoms. The number of aromatic nitrogens is 1. The van der Waals surface area contributed by atoms with Gasteiger partial charge in [0.15, 0.2) is 0 Å². The Labute approximate surface area is 236 Å². The molecule has 0 bridgehead atoms. The van der Waals surface area contributed by atoms with Crippen LogP contribution >= 0.6 is 0 Å². The fourth-order valence-corrected chi connectivity index (χ4v) is 4.10. The molecule has 0 saturated carbocycles. The average molecular weight is 568 g/mol. The van der Waals surface area contributed by atoms with Crippen molar-refractivity contribution in [3.63, 3.8) is 0 Å². The Morgan fingerprint density at radius 3 is 2.08 bits per heavy atom. The fourth-order valence-electron chi connectivity index (χ4n) is 4.10. The molecule has 1 saturated heterocycles. The number of carbonyl (C=O) groups excluding carboxylic acids is 2. The van der Waals surface area contributed by atoms with E-state index >= 15 is 0 Å². The molecule has 1 aliphatic heterocycles. The first-order valence-corrected chi connectivity index (χ1v) is 14.0. The van der Waals surface area contributed by atoms with Crippen LogP contribution in [-0.2, 0) is 23.8 Å². The maximum absolute atomic E-state index is 12.0. The van der Waals surface area contributed by atoms with Crippen molar-refractivity contribution in [2.45, 2.75) is 44.6 Å². The third-order valence-corrected chi connectivity index (χ3v) is 6.18. The molecule has 1 fully saturated rings. The molecule has 1 aliphatic rings. The Morgan fingerprint density at radius 2 is 1.48 bits per heavy atom. The number of hydrogen-bond donors (Lipinski definition) is 4. The Hall–Kier alpha value is -3.00. The molecule has 0 aromatic carbocycles. The van der Waals surface area contributed by atoms with E-state index in [1.165, 1.54) is 6.42 Å². The number of carboxylic acid groups (broad SMARTS) is 1. The van der Waals surface area contributed by atoms with Crippen molar-refractivity contribution in [2.75, 3.05) is 79.5 Å². The van der Waals surface area contributed by atoms with Gasteiger partial charge in [-0.15, -0.1) is 0 Å². The number of likely N-dealkylation sites (tertiary alicyclic amines) is 1. The molecular weight excluding hydrogens is 522 g/mol. The number of pyridine rings is 1. The summed E-state index contributed by atoms with van der Waals surface area (Å²) in [7, 11) is 2.12. The van der Waals surface area contributed by atoms with Crippen molar-refractivity contribution in [2.24, 2.45) is 0 Å². The highest BCUT2D eigenvalue weighted by atomic mass is 16.5. The molecule has 2 heterocycles. The highest BCUT2D eigenvalue weighted by Crippen LogP contribution is 2.31. The smallest absolute Gasteiger partial charge is 0.404 e. The van der Waals surface area contributed by atoms with E-state index in [0.717, 1.165) is 18.5 Å². The molecule has 1 aromatic heterocycles. The lowest BCUT2D eigenvalue weighted by molar-refractivity contribution is -0.126. The van der Waals surface area contributed by atoms with Gasteiger partial charge in [-0.1, -0.05) is 0 Å². The summed E-state index contributed by atoms with van der Waals surface area (Å²) >= 11 is 0. The minimum absolute atomic E-state index is 0.119. The van der Waals surface area contributed by atoms with E-state index in [-0.39, 0.29) is 24.7 Å². The summed E-state index contributed by atoms with van der Waals surface area (Å²) < 4.78 is 21.9. The highest BCUT2D eigenvalue weighted by molar-refractivity contribution is 5.83. The van der Waals surface area contributed by atoms with Crippen LogP contribution in [0.4, 0.5) is 4.79 Å². The first-order chi connectivity index (χ1) is 19.5. The first kappa shape index (κ1) is 33.2. The van der Waals surface area contributed by atoms with Crippen molar-refractivity contribution in [1.82, 2.24) is 25.8 Å². The summed E-state index contributed by atoms with van der Waals surface area (Å²) in [6, 6.07) is 2.39. The van der Waals surface area contributed by atoms with Gasteiger partial charge in [-0.2, -0.15) is 0 Å². The molecule has 4 N–H and O–H groups in total. The van der Waals surface area contributed by atoms with E-state index in [2.05, 4.69) is 32.9 Å². The van der Waals surface area contributed by atoms with Gasteiger partial charge in [-0.25, -0.2) is 4.79 Å². The molecular formula is C27H45N5O8. The second kappa shape index (κ2) is 20.8. The lowest BCUT2D eigenvalue weighted by atomic mass is 10.1. The van der Waals surface area contributed by atoms with E-state index in [1.807, 2.05) is 12.3 Å². The molecule has 0 spiro atoms. The molecule has 2 rings (SSSR count). The molecule has 13 heteroatoms. The van der Waals surface area contributed by atoms with Crippen molar-refractivity contribution in [3.8, 4) is 5.75 Å².